The molecule has 5 rings (SSSR count). The number of fused-ring (bicyclic) bond motifs is 1. The summed E-state index contributed by atoms with van der Waals surface area (Å²) in [5.74, 6) is 2.42. The fourth-order valence-electron chi connectivity index (χ4n) is 4.71. The lowest BCUT2D eigenvalue weighted by Crippen LogP contribution is -2.41. The van der Waals surface area contributed by atoms with E-state index < -0.39 is 0 Å². The maximum absolute atomic E-state index is 13.1. The molecule has 0 bridgehead atoms. The standard InChI is InChI=1S/C24H28N4O/c1-17-14-25-23(20-8-4-9-20)28(17)16-18-6-5-13-27(15-18)24(29)22-12-11-19-7-2-3-10-21(19)26-22/h2-3,7,10-12,14,18,20H,4-6,8-9,13,15-16H2,1H3. The van der Waals surface area contributed by atoms with Crippen molar-refractivity contribution in [3.8, 4) is 0 Å². The molecule has 2 aromatic heterocycles. The molecule has 0 spiro atoms. The van der Waals surface area contributed by atoms with Crippen LogP contribution in [0, 0.1) is 12.8 Å². The molecular formula is C24H28N4O. The van der Waals surface area contributed by atoms with Crippen molar-refractivity contribution in [1.82, 2.24) is 19.4 Å². The van der Waals surface area contributed by atoms with Crippen LogP contribution in [0.2, 0.25) is 0 Å². The van der Waals surface area contributed by atoms with E-state index in [4.69, 9.17) is 4.98 Å². The number of carbonyl (C=O) groups is 1. The van der Waals surface area contributed by atoms with Crippen LogP contribution in [-0.4, -0.2) is 38.4 Å². The van der Waals surface area contributed by atoms with E-state index >= 15 is 0 Å². The van der Waals surface area contributed by atoms with E-state index in [0.717, 1.165) is 43.4 Å². The third-order valence-electron chi connectivity index (χ3n) is 6.62. The predicted octanol–water partition coefficient (Wildman–Crippen LogP) is 4.56. The summed E-state index contributed by atoms with van der Waals surface area (Å²) >= 11 is 0. The average molecular weight is 389 g/mol. The molecule has 3 heterocycles. The summed E-state index contributed by atoms with van der Waals surface area (Å²) in [5.41, 5.74) is 2.68. The predicted molar refractivity (Wildman–Crippen MR) is 114 cm³/mol. The van der Waals surface area contributed by atoms with Crippen LogP contribution in [0.1, 0.15) is 60.0 Å². The zero-order chi connectivity index (χ0) is 19.8. The Hall–Kier alpha value is -2.69. The summed E-state index contributed by atoms with van der Waals surface area (Å²) < 4.78 is 2.41. The molecule has 1 saturated heterocycles. The number of nitrogens with zero attached hydrogens (tertiary/aromatic N) is 4. The normalized spacial score (nSPS) is 20.0. The SMILES string of the molecule is Cc1cnc(C2CCC2)n1CC1CCCN(C(=O)c2ccc3ccccc3n2)C1. The number of para-hydroxylation sites is 1. The van der Waals surface area contributed by atoms with Gasteiger partial charge in [0.1, 0.15) is 11.5 Å². The Morgan fingerprint density at radius 3 is 2.79 bits per heavy atom. The van der Waals surface area contributed by atoms with Crippen LogP contribution in [0.15, 0.2) is 42.6 Å². The second-order valence-corrected chi connectivity index (χ2v) is 8.64. The van der Waals surface area contributed by atoms with Crippen LogP contribution in [0.5, 0.6) is 0 Å². The molecule has 1 atom stereocenters. The Bertz CT molecular complexity index is 1040. The Balaban J connectivity index is 1.31. The number of hydrogen-bond acceptors (Lipinski definition) is 3. The van der Waals surface area contributed by atoms with Crippen molar-refractivity contribution in [3.05, 3.63) is 59.8 Å². The van der Waals surface area contributed by atoms with Crippen molar-refractivity contribution in [2.24, 2.45) is 5.92 Å². The topological polar surface area (TPSA) is 51.0 Å². The van der Waals surface area contributed by atoms with Gasteiger partial charge in [-0.05, 0) is 50.7 Å². The molecule has 5 nitrogen and oxygen atoms in total. The summed E-state index contributed by atoms with van der Waals surface area (Å²) in [7, 11) is 0. The lowest BCUT2D eigenvalue weighted by Gasteiger charge is -2.34. The quantitative estimate of drug-likeness (QED) is 0.658. The van der Waals surface area contributed by atoms with Crippen LogP contribution in [0.4, 0.5) is 0 Å². The average Bonchev–Trinajstić information content (AvgIpc) is 3.06. The highest BCUT2D eigenvalue weighted by Crippen LogP contribution is 2.36. The molecule has 1 aliphatic heterocycles. The second kappa shape index (κ2) is 7.62. The first-order valence-electron chi connectivity index (χ1n) is 10.9. The molecule has 150 valence electrons. The van der Waals surface area contributed by atoms with Crippen molar-refractivity contribution in [3.63, 3.8) is 0 Å². The van der Waals surface area contributed by atoms with Gasteiger partial charge in [-0.25, -0.2) is 9.97 Å². The zero-order valence-electron chi connectivity index (χ0n) is 17.1. The van der Waals surface area contributed by atoms with E-state index in [-0.39, 0.29) is 5.91 Å². The minimum Gasteiger partial charge on any atom is -0.337 e. The first-order valence-corrected chi connectivity index (χ1v) is 10.9. The van der Waals surface area contributed by atoms with Crippen molar-refractivity contribution in [2.45, 2.75) is 51.5 Å². The Morgan fingerprint density at radius 1 is 1.10 bits per heavy atom. The van der Waals surface area contributed by atoms with Gasteiger partial charge in [-0.1, -0.05) is 30.7 Å². The number of carbonyl (C=O) groups excluding carboxylic acids is 1. The van der Waals surface area contributed by atoms with Gasteiger partial charge < -0.3 is 9.47 Å². The molecule has 5 heteroatoms. The molecule has 1 saturated carbocycles. The number of hydrogen-bond donors (Lipinski definition) is 0. The van der Waals surface area contributed by atoms with Crippen molar-refractivity contribution >= 4 is 16.8 Å². The summed E-state index contributed by atoms with van der Waals surface area (Å²) in [6, 6.07) is 11.8. The molecule has 1 aliphatic carbocycles. The van der Waals surface area contributed by atoms with Gasteiger partial charge in [0.25, 0.3) is 5.91 Å². The van der Waals surface area contributed by atoms with Crippen LogP contribution in [0.25, 0.3) is 10.9 Å². The van der Waals surface area contributed by atoms with Crippen molar-refractivity contribution in [2.75, 3.05) is 13.1 Å². The minimum absolute atomic E-state index is 0.0574. The van der Waals surface area contributed by atoms with Crippen LogP contribution < -0.4 is 0 Å². The Kier molecular flexibility index (Phi) is 4.82. The lowest BCUT2D eigenvalue weighted by molar-refractivity contribution is 0.0655. The van der Waals surface area contributed by atoms with Gasteiger partial charge in [0.15, 0.2) is 0 Å². The first kappa shape index (κ1) is 18.3. The van der Waals surface area contributed by atoms with E-state index in [1.165, 1.54) is 30.8 Å². The van der Waals surface area contributed by atoms with Gasteiger partial charge in [-0.3, -0.25) is 4.79 Å². The number of pyridine rings is 1. The highest BCUT2D eigenvalue weighted by atomic mass is 16.2. The van der Waals surface area contributed by atoms with Crippen molar-refractivity contribution < 1.29 is 4.79 Å². The van der Waals surface area contributed by atoms with Crippen LogP contribution in [0.3, 0.4) is 0 Å². The second-order valence-electron chi connectivity index (χ2n) is 8.64. The largest absolute Gasteiger partial charge is 0.337 e. The van der Waals surface area contributed by atoms with Crippen molar-refractivity contribution in [1.29, 1.82) is 0 Å². The van der Waals surface area contributed by atoms with Gasteiger partial charge in [-0.2, -0.15) is 0 Å². The highest BCUT2D eigenvalue weighted by molar-refractivity contribution is 5.95. The summed E-state index contributed by atoms with van der Waals surface area (Å²) in [6.07, 6.45) is 8.07. The van der Waals surface area contributed by atoms with Gasteiger partial charge in [0, 0.05) is 42.8 Å². The number of imidazole rings is 1. The molecular weight excluding hydrogens is 360 g/mol. The number of aromatic nitrogens is 3. The number of rotatable bonds is 4. The van der Waals surface area contributed by atoms with Gasteiger partial charge in [0.2, 0.25) is 0 Å². The molecule has 1 unspecified atom stereocenters. The highest BCUT2D eigenvalue weighted by Gasteiger charge is 2.29. The Labute approximate surface area is 171 Å². The van der Waals surface area contributed by atoms with Gasteiger partial charge >= 0.3 is 0 Å². The first-order chi connectivity index (χ1) is 14.2. The maximum atomic E-state index is 13.1. The number of aryl methyl sites for hydroxylation is 1. The fourth-order valence-corrected chi connectivity index (χ4v) is 4.71. The third kappa shape index (κ3) is 3.54. The molecule has 29 heavy (non-hydrogen) atoms. The maximum Gasteiger partial charge on any atom is 0.272 e. The number of benzene rings is 1. The molecule has 0 N–H and O–H groups in total. The van der Waals surface area contributed by atoms with E-state index in [1.54, 1.807) is 0 Å². The molecule has 0 radical (unpaired) electrons. The van der Waals surface area contributed by atoms with E-state index in [0.29, 0.717) is 17.5 Å². The van der Waals surface area contributed by atoms with Crippen LogP contribution in [-0.2, 0) is 6.54 Å². The van der Waals surface area contributed by atoms with Gasteiger partial charge in [-0.15, -0.1) is 0 Å². The molecule has 1 aromatic carbocycles. The summed E-state index contributed by atoms with van der Waals surface area (Å²) in [4.78, 5) is 24.5. The number of piperidine rings is 1. The van der Waals surface area contributed by atoms with Crippen LogP contribution >= 0.6 is 0 Å². The molecule has 2 fully saturated rings. The van der Waals surface area contributed by atoms with E-state index in [9.17, 15) is 4.79 Å². The van der Waals surface area contributed by atoms with Gasteiger partial charge in [0.05, 0.1) is 5.52 Å². The zero-order valence-corrected chi connectivity index (χ0v) is 17.1. The smallest absolute Gasteiger partial charge is 0.272 e. The monoisotopic (exact) mass is 388 g/mol. The number of amides is 1. The minimum atomic E-state index is 0.0574. The Morgan fingerprint density at radius 2 is 1.97 bits per heavy atom. The lowest BCUT2D eigenvalue weighted by atomic mass is 9.84. The third-order valence-corrected chi connectivity index (χ3v) is 6.62. The molecule has 3 aromatic rings. The van der Waals surface area contributed by atoms with E-state index in [1.807, 2.05) is 47.5 Å². The number of likely N-dealkylation sites (tertiary alicyclic amines) is 1. The fraction of sp³-hybridized carbons (Fsp3) is 0.458. The molecule has 2 aliphatic rings. The summed E-state index contributed by atoms with van der Waals surface area (Å²) in [5, 5.41) is 1.07. The van der Waals surface area contributed by atoms with E-state index in [2.05, 4.69) is 16.5 Å². The summed E-state index contributed by atoms with van der Waals surface area (Å²) in [6.45, 7) is 4.74. The molecule has 1 amide bonds.